The van der Waals surface area contributed by atoms with Crippen LogP contribution in [0.15, 0.2) is 0 Å². The molecule has 1 fully saturated rings. The van der Waals surface area contributed by atoms with Crippen LogP contribution in [0.4, 0.5) is 0 Å². The van der Waals surface area contributed by atoms with Gasteiger partial charge in [-0.3, -0.25) is 4.79 Å². The van der Waals surface area contributed by atoms with Crippen molar-refractivity contribution in [3.05, 3.63) is 0 Å². The smallest absolute Gasteiger partial charge is 0.323 e. The van der Waals surface area contributed by atoms with Crippen LogP contribution in [0.25, 0.3) is 0 Å². The number of aliphatic carboxylic acids is 1. The monoisotopic (exact) mass is 214 g/mol. The predicted octanol–water partition coefficient (Wildman–Crippen LogP) is 0.925. The van der Waals surface area contributed by atoms with E-state index in [0.29, 0.717) is 0 Å². The lowest BCUT2D eigenvalue weighted by Gasteiger charge is -2.39. The second-order valence-electron chi connectivity index (χ2n) is 4.26. The van der Waals surface area contributed by atoms with Gasteiger partial charge in [0.15, 0.2) is 0 Å². The molecule has 1 saturated heterocycles. The zero-order valence-corrected chi connectivity index (χ0v) is 9.75. The lowest BCUT2D eigenvalue weighted by atomic mass is 9.87. The maximum atomic E-state index is 11.2. The first kappa shape index (κ1) is 12.5. The fourth-order valence-corrected chi connectivity index (χ4v) is 2.28. The van der Waals surface area contributed by atoms with Gasteiger partial charge in [0, 0.05) is 13.1 Å². The highest BCUT2D eigenvalue weighted by Crippen LogP contribution is 2.22. The molecule has 1 rings (SSSR count). The van der Waals surface area contributed by atoms with Gasteiger partial charge in [-0.2, -0.15) is 0 Å². The van der Waals surface area contributed by atoms with Crippen LogP contribution in [-0.4, -0.2) is 47.7 Å². The van der Waals surface area contributed by atoms with E-state index in [0.717, 1.165) is 45.4 Å². The van der Waals surface area contributed by atoms with E-state index in [-0.39, 0.29) is 0 Å². The van der Waals surface area contributed by atoms with Crippen molar-refractivity contribution in [2.24, 2.45) is 0 Å². The van der Waals surface area contributed by atoms with Crippen LogP contribution in [0, 0.1) is 0 Å². The van der Waals surface area contributed by atoms with E-state index in [2.05, 4.69) is 17.1 Å². The number of hydrogen-bond acceptors (Lipinski definition) is 3. The van der Waals surface area contributed by atoms with Crippen molar-refractivity contribution >= 4 is 5.97 Å². The van der Waals surface area contributed by atoms with Crippen LogP contribution < -0.4 is 5.32 Å². The second-order valence-corrected chi connectivity index (χ2v) is 4.26. The third kappa shape index (κ3) is 2.92. The zero-order valence-electron chi connectivity index (χ0n) is 9.75. The normalized spacial score (nSPS) is 21.5. The standard InChI is InChI=1S/C11H22N2O2/c1-3-7-13-8-5-11(6-9-13,10(14)15)12-4-2/h12H,3-9H2,1-2H3,(H,14,15). The summed E-state index contributed by atoms with van der Waals surface area (Å²) in [5.41, 5.74) is -0.668. The number of likely N-dealkylation sites (N-methyl/N-ethyl adjacent to an activating group) is 1. The Hall–Kier alpha value is -0.610. The number of hydrogen-bond donors (Lipinski definition) is 2. The number of rotatable bonds is 5. The topological polar surface area (TPSA) is 52.6 Å². The molecule has 0 aromatic heterocycles. The summed E-state index contributed by atoms with van der Waals surface area (Å²) in [4.78, 5) is 13.6. The highest BCUT2D eigenvalue weighted by atomic mass is 16.4. The number of piperidine rings is 1. The molecule has 0 unspecified atom stereocenters. The van der Waals surface area contributed by atoms with Crippen molar-refractivity contribution in [1.82, 2.24) is 10.2 Å². The summed E-state index contributed by atoms with van der Waals surface area (Å²) in [6.45, 7) is 7.72. The van der Waals surface area contributed by atoms with Crippen LogP contribution in [0.1, 0.15) is 33.1 Å². The van der Waals surface area contributed by atoms with Gasteiger partial charge >= 0.3 is 5.97 Å². The Morgan fingerprint density at radius 1 is 1.40 bits per heavy atom. The fraction of sp³-hybridized carbons (Fsp3) is 0.909. The molecule has 4 nitrogen and oxygen atoms in total. The highest BCUT2D eigenvalue weighted by molar-refractivity contribution is 5.79. The van der Waals surface area contributed by atoms with E-state index in [1.807, 2.05) is 6.92 Å². The number of likely N-dealkylation sites (tertiary alicyclic amines) is 1. The maximum Gasteiger partial charge on any atom is 0.323 e. The largest absolute Gasteiger partial charge is 0.480 e. The summed E-state index contributed by atoms with van der Waals surface area (Å²) < 4.78 is 0. The molecule has 0 amide bonds. The summed E-state index contributed by atoms with van der Waals surface area (Å²) in [5, 5.41) is 12.4. The van der Waals surface area contributed by atoms with Gasteiger partial charge in [-0.15, -0.1) is 0 Å². The fourth-order valence-electron chi connectivity index (χ4n) is 2.28. The van der Waals surface area contributed by atoms with Crippen molar-refractivity contribution in [2.45, 2.75) is 38.6 Å². The van der Waals surface area contributed by atoms with Gasteiger partial charge in [-0.25, -0.2) is 0 Å². The first-order valence-electron chi connectivity index (χ1n) is 5.85. The Kier molecular flexibility index (Phi) is 4.54. The summed E-state index contributed by atoms with van der Waals surface area (Å²) in [6.07, 6.45) is 2.58. The van der Waals surface area contributed by atoms with Crippen molar-refractivity contribution in [3.8, 4) is 0 Å². The Morgan fingerprint density at radius 2 is 2.00 bits per heavy atom. The SMILES string of the molecule is CCCN1CCC(NCC)(C(=O)O)CC1. The van der Waals surface area contributed by atoms with Crippen LogP contribution in [0.2, 0.25) is 0 Å². The van der Waals surface area contributed by atoms with Crippen molar-refractivity contribution in [3.63, 3.8) is 0 Å². The van der Waals surface area contributed by atoms with Gasteiger partial charge in [0.1, 0.15) is 5.54 Å². The molecule has 0 radical (unpaired) electrons. The molecule has 0 saturated carbocycles. The third-order valence-electron chi connectivity index (χ3n) is 3.17. The van der Waals surface area contributed by atoms with E-state index in [1.54, 1.807) is 0 Å². The molecule has 88 valence electrons. The summed E-state index contributed by atoms with van der Waals surface area (Å²) in [6, 6.07) is 0. The van der Waals surface area contributed by atoms with Crippen LogP contribution in [0.3, 0.4) is 0 Å². The minimum atomic E-state index is -0.694. The molecule has 1 heterocycles. The quantitative estimate of drug-likeness (QED) is 0.714. The Morgan fingerprint density at radius 3 is 2.40 bits per heavy atom. The Balaban J connectivity index is 2.53. The van der Waals surface area contributed by atoms with Gasteiger partial charge < -0.3 is 15.3 Å². The maximum absolute atomic E-state index is 11.2. The van der Waals surface area contributed by atoms with E-state index in [9.17, 15) is 9.90 Å². The molecule has 1 aliphatic heterocycles. The Bertz CT molecular complexity index is 211. The highest BCUT2D eigenvalue weighted by Gasteiger charge is 2.40. The van der Waals surface area contributed by atoms with Gasteiger partial charge in [0.25, 0.3) is 0 Å². The number of nitrogens with one attached hydrogen (secondary N) is 1. The molecule has 0 aromatic rings. The summed E-state index contributed by atoms with van der Waals surface area (Å²) >= 11 is 0. The van der Waals surface area contributed by atoms with Crippen molar-refractivity contribution in [1.29, 1.82) is 0 Å². The average Bonchev–Trinajstić information content (AvgIpc) is 2.21. The molecule has 15 heavy (non-hydrogen) atoms. The lowest BCUT2D eigenvalue weighted by molar-refractivity contribution is -0.147. The summed E-state index contributed by atoms with van der Waals surface area (Å²) in [5.74, 6) is -0.694. The Labute approximate surface area is 91.6 Å². The van der Waals surface area contributed by atoms with Crippen molar-refractivity contribution in [2.75, 3.05) is 26.2 Å². The van der Waals surface area contributed by atoms with E-state index in [4.69, 9.17) is 0 Å². The molecule has 0 aliphatic carbocycles. The first-order valence-corrected chi connectivity index (χ1v) is 5.85. The van der Waals surface area contributed by atoms with E-state index >= 15 is 0 Å². The molecule has 1 aliphatic rings. The zero-order chi connectivity index (χ0) is 11.3. The molecular formula is C11H22N2O2. The number of carboxylic acid groups (broad SMARTS) is 1. The number of nitrogens with zero attached hydrogens (tertiary/aromatic N) is 1. The molecule has 0 bridgehead atoms. The van der Waals surface area contributed by atoms with Gasteiger partial charge in [-0.05, 0) is 32.4 Å². The van der Waals surface area contributed by atoms with Crippen molar-refractivity contribution < 1.29 is 9.90 Å². The van der Waals surface area contributed by atoms with Gasteiger partial charge in [-0.1, -0.05) is 13.8 Å². The van der Waals surface area contributed by atoms with E-state index < -0.39 is 11.5 Å². The minimum absolute atomic E-state index is 0.668. The van der Waals surface area contributed by atoms with Crippen LogP contribution >= 0.6 is 0 Å². The van der Waals surface area contributed by atoms with Crippen LogP contribution in [-0.2, 0) is 4.79 Å². The third-order valence-corrected chi connectivity index (χ3v) is 3.17. The number of carbonyl (C=O) groups is 1. The molecular weight excluding hydrogens is 192 g/mol. The molecule has 4 heteroatoms. The van der Waals surface area contributed by atoms with E-state index in [1.165, 1.54) is 0 Å². The predicted molar refractivity (Wildman–Crippen MR) is 60.0 cm³/mol. The molecule has 2 N–H and O–H groups in total. The summed E-state index contributed by atoms with van der Waals surface area (Å²) in [7, 11) is 0. The molecule has 0 aromatic carbocycles. The first-order chi connectivity index (χ1) is 7.14. The van der Waals surface area contributed by atoms with Gasteiger partial charge in [0.2, 0.25) is 0 Å². The molecule has 0 spiro atoms. The van der Waals surface area contributed by atoms with Crippen LogP contribution in [0.5, 0.6) is 0 Å². The minimum Gasteiger partial charge on any atom is -0.480 e. The molecule has 0 atom stereocenters. The lowest BCUT2D eigenvalue weighted by Crippen LogP contribution is -2.58. The van der Waals surface area contributed by atoms with Gasteiger partial charge in [0.05, 0.1) is 0 Å². The number of carboxylic acids is 1. The second kappa shape index (κ2) is 5.47. The average molecular weight is 214 g/mol.